The Hall–Kier alpha value is -0.860. The third kappa shape index (κ3) is 2.14. The van der Waals surface area contributed by atoms with E-state index in [1.807, 2.05) is 12.1 Å². The fourth-order valence-corrected chi connectivity index (χ4v) is 1.48. The molecule has 1 aromatic rings. The Morgan fingerprint density at radius 1 is 1.29 bits per heavy atom. The summed E-state index contributed by atoms with van der Waals surface area (Å²) in [5.41, 5.74) is 14.3. The van der Waals surface area contributed by atoms with E-state index in [2.05, 4.69) is 32.9 Å². The first-order chi connectivity index (χ1) is 6.49. The highest BCUT2D eigenvalue weighted by atomic mass is 14.7. The van der Waals surface area contributed by atoms with Crippen molar-refractivity contribution in [2.75, 3.05) is 6.54 Å². The van der Waals surface area contributed by atoms with Crippen molar-refractivity contribution in [3.05, 3.63) is 35.4 Å². The molecule has 0 spiro atoms. The summed E-state index contributed by atoms with van der Waals surface area (Å²) in [6.07, 6.45) is 0. The monoisotopic (exact) mass is 192 g/mol. The molecule has 0 aliphatic heterocycles. The summed E-state index contributed by atoms with van der Waals surface area (Å²) in [5, 5.41) is 0. The summed E-state index contributed by atoms with van der Waals surface area (Å²) in [5.74, 6) is 0. The zero-order valence-corrected chi connectivity index (χ0v) is 9.25. The number of hydrogen-bond acceptors (Lipinski definition) is 2. The van der Waals surface area contributed by atoms with Crippen LogP contribution in [0.4, 0.5) is 0 Å². The largest absolute Gasteiger partial charge is 0.330 e. The van der Waals surface area contributed by atoms with E-state index >= 15 is 0 Å². The SMILES string of the molecule is Cc1ccccc1C(N)C(C)(C)CN. The van der Waals surface area contributed by atoms with E-state index in [-0.39, 0.29) is 11.5 Å². The topological polar surface area (TPSA) is 52.0 Å². The minimum atomic E-state index is -0.0495. The van der Waals surface area contributed by atoms with E-state index in [0.29, 0.717) is 6.54 Å². The molecule has 0 bridgehead atoms. The highest BCUT2D eigenvalue weighted by Gasteiger charge is 2.26. The second kappa shape index (κ2) is 4.11. The van der Waals surface area contributed by atoms with Gasteiger partial charge in [0.25, 0.3) is 0 Å². The highest BCUT2D eigenvalue weighted by Crippen LogP contribution is 2.31. The summed E-state index contributed by atoms with van der Waals surface area (Å²) in [6.45, 7) is 6.89. The van der Waals surface area contributed by atoms with Gasteiger partial charge in [0.15, 0.2) is 0 Å². The molecular formula is C12H20N2. The third-order valence-corrected chi connectivity index (χ3v) is 2.89. The molecule has 0 aliphatic rings. The predicted molar refractivity (Wildman–Crippen MR) is 60.9 cm³/mol. The van der Waals surface area contributed by atoms with E-state index < -0.39 is 0 Å². The van der Waals surface area contributed by atoms with Gasteiger partial charge < -0.3 is 11.5 Å². The minimum Gasteiger partial charge on any atom is -0.330 e. The van der Waals surface area contributed by atoms with Gasteiger partial charge in [-0.05, 0) is 30.0 Å². The Balaban J connectivity index is 3.00. The van der Waals surface area contributed by atoms with E-state index in [1.54, 1.807) is 0 Å². The average Bonchev–Trinajstić information content (AvgIpc) is 2.17. The molecular weight excluding hydrogens is 172 g/mol. The van der Waals surface area contributed by atoms with E-state index in [1.165, 1.54) is 11.1 Å². The normalized spacial score (nSPS) is 14.1. The van der Waals surface area contributed by atoms with Gasteiger partial charge in [-0.3, -0.25) is 0 Å². The van der Waals surface area contributed by atoms with Crippen LogP contribution in [0.5, 0.6) is 0 Å². The van der Waals surface area contributed by atoms with Crippen molar-refractivity contribution in [2.45, 2.75) is 26.8 Å². The molecule has 4 N–H and O–H groups in total. The molecule has 0 amide bonds. The highest BCUT2D eigenvalue weighted by molar-refractivity contribution is 5.29. The number of aryl methyl sites for hydroxylation is 1. The summed E-state index contributed by atoms with van der Waals surface area (Å²) in [7, 11) is 0. The van der Waals surface area contributed by atoms with Crippen molar-refractivity contribution >= 4 is 0 Å². The van der Waals surface area contributed by atoms with Crippen molar-refractivity contribution in [2.24, 2.45) is 16.9 Å². The standard InChI is InChI=1S/C12H20N2/c1-9-6-4-5-7-10(9)11(14)12(2,3)8-13/h4-7,11H,8,13-14H2,1-3H3. The van der Waals surface area contributed by atoms with Crippen molar-refractivity contribution in [1.29, 1.82) is 0 Å². The fraction of sp³-hybridized carbons (Fsp3) is 0.500. The van der Waals surface area contributed by atoms with E-state index in [0.717, 1.165) is 0 Å². The maximum atomic E-state index is 6.20. The molecule has 0 heterocycles. The molecule has 78 valence electrons. The van der Waals surface area contributed by atoms with Gasteiger partial charge in [-0.2, -0.15) is 0 Å². The predicted octanol–water partition coefficient (Wildman–Crippen LogP) is 1.98. The molecule has 0 fully saturated rings. The molecule has 0 saturated heterocycles. The number of benzene rings is 1. The van der Waals surface area contributed by atoms with Crippen molar-refractivity contribution in [3.63, 3.8) is 0 Å². The molecule has 0 aromatic heterocycles. The van der Waals surface area contributed by atoms with Crippen molar-refractivity contribution in [1.82, 2.24) is 0 Å². The van der Waals surface area contributed by atoms with Crippen LogP contribution < -0.4 is 11.5 Å². The lowest BCUT2D eigenvalue weighted by molar-refractivity contribution is 0.300. The van der Waals surface area contributed by atoms with Crippen LogP contribution in [0.1, 0.15) is 31.0 Å². The summed E-state index contributed by atoms with van der Waals surface area (Å²) in [4.78, 5) is 0. The third-order valence-electron chi connectivity index (χ3n) is 2.89. The number of rotatable bonds is 3. The van der Waals surface area contributed by atoms with Gasteiger partial charge in [0.2, 0.25) is 0 Å². The van der Waals surface area contributed by atoms with Crippen LogP contribution in [0.25, 0.3) is 0 Å². The van der Waals surface area contributed by atoms with Gasteiger partial charge in [0.1, 0.15) is 0 Å². The van der Waals surface area contributed by atoms with Crippen LogP contribution in [0.15, 0.2) is 24.3 Å². The Morgan fingerprint density at radius 3 is 2.36 bits per heavy atom. The average molecular weight is 192 g/mol. The maximum absolute atomic E-state index is 6.20. The molecule has 1 rings (SSSR count). The van der Waals surface area contributed by atoms with Crippen molar-refractivity contribution in [3.8, 4) is 0 Å². The summed E-state index contributed by atoms with van der Waals surface area (Å²) < 4.78 is 0. The Labute approximate surface area is 86.3 Å². The van der Waals surface area contributed by atoms with Gasteiger partial charge in [-0.15, -0.1) is 0 Å². The Morgan fingerprint density at radius 2 is 1.86 bits per heavy atom. The minimum absolute atomic E-state index is 0.00806. The second-order valence-corrected chi connectivity index (χ2v) is 4.53. The fourth-order valence-electron chi connectivity index (χ4n) is 1.48. The maximum Gasteiger partial charge on any atom is 0.0361 e. The second-order valence-electron chi connectivity index (χ2n) is 4.53. The van der Waals surface area contributed by atoms with Gasteiger partial charge in [0, 0.05) is 6.04 Å². The van der Waals surface area contributed by atoms with Gasteiger partial charge in [-0.25, -0.2) is 0 Å². The lowest BCUT2D eigenvalue weighted by Crippen LogP contribution is -2.36. The molecule has 0 aliphatic carbocycles. The summed E-state index contributed by atoms with van der Waals surface area (Å²) >= 11 is 0. The van der Waals surface area contributed by atoms with Crippen LogP contribution in [-0.2, 0) is 0 Å². The van der Waals surface area contributed by atoms with Gasteiger partial charge in [-0.1, -0.05) is 38.1 Å². The van der Waals surface area contributed by atoms with Crippen LogP contribution in [0.2, 0.25) is 0 Å². The molecule has 2 nitrogen and oxygen atoms in total. The van der Waals surface area contributed by atoms with Gasteiger partial charge >= 0.3 is 0 Å². The first-order valence-electron chi connectivity index (χ1n) is 5.00. The molecule has 1 atom stereocenters. The summed E-state index contributed by atoms with van der Waals surface area (Å²) in [6, 6.07) is 8.23. The first kappa shape index (κ1) is 11.2. The zero-order chi connectivity index (χ0) is 10.8. The van der Waals surface area contributed by atoms with Crippen molar-refractivity contribution < 1.29 is 0 Å². The van der Waals surface area contributed by atoms with Crippen LogP contribution >= 0.6 is 0 Å². The smallest absolute Gasteiger partial charge is 0.0361 e. The molecule has 0 radical (unpaired) electrons. The lowest BCUT2D eigenvalue weighted by Gasteiger charge is -2.31. The molecule has 14 heavy (non-hydrogen) atoms. The molecule has 0 saturated carbocycles. The lowest BCUT2D eigenvalue weighted by atomic mass is 9.80. The van der Waals surface area contributed by atoms with Gasteiger partial charge in [0.05, 0.1) is 0 Å². The number of hydrogen-bond donors (Lipinski definition) is 2. The molecule has 1 unspecified atom stereocenters. The van der Waals surface area contributed by atoms with E-state index in [9.17, 15) is 0 Å². The molecule has 2 heteroatoms. The quantitative estimate of drug-likeness (QED) is 0.769. The molecule has 1 aromatic carbocycles. The zero-order valence-electron chi connectivity index (χ0n) is 9.25. The van der Waals surface area contributed by atoms with E-state index in [4.69, 9.17) is 11.5 Å². The number of nitrogens with two attached hydrogens (primary N) is 2. The first-order valence-corrected chi connectivity index (χ1v) is 5.00. The Kier molecular flexibility index (Phi) is 3.29. The van der Waals surface area contributed by atoms with Crippen LogP contribution in [0, 0.1) is 12.3 Å². The Bertz CT molecular complexity index is 305. The van der Waals surface area contributed by atoms with Crippen LogP contribution in [-0.4, -0.2) is 6.54 Å². The van der Waals surface area contributed by atoms with Crippen LogP contribution in [0.3, 0.4) is 0 Å².